The molecule has 1 aliphatic heterocycles. The number of benzene rings is 1. The zero-order valence-corrected chi connectivity index (χ0v) is 9.39. The summed E-state index contributed by atoms with van der Waals surface area (Å²) in [5.74, 6) is 1.08. The monoisotopic (exact) mass is 225 g/mol. The number of amidine groups is 1. The highest BCUT2D eigenvalue weighted by Crippen LogP contribution is 1.96. The highest BCUT2D eigenvalue weighted by molar-refractivity contribution is 5.85. The summed E-state index contributed by atoms with van der Waals surface area (Å²) in [4.78, 5) is 4.31. The van der Waals surface area contributed by atoms with Gasteiger partial charge in [-0.15, -0.1) is 12.4 Å². The van der Waals surface area contributed by atoms with Gasteiger partial charge in [-0.1, -0.05) is 30.3 Å². The van der Waals surface area contributed by atoms with Gasteiger partial charge in [0.2, 0.25) is 0 Å². The summed E-state index contributed by atoms with van der Waals surface area (Å²) < 4.78 is 0. The second kappa shape index (κ2) is 6.43. The Balaban J connectivity index is 0.00000112. The van der Waals surface area contributed by atoms with E-state index in [9.17, 15) is 0 Å². The molecular formula is C11H16ClN3. The molecule has 0 bridgehead atoms. The molecule has 15 heavy (non-hydrogen) atoms. The van der Waals surface area contributed by atoms with Crippen LogP contribution in [0.4, 0.5) is 0 Å². The summed E-state index contributed by atoms with van der Waals surface area (Å²) in [6.07, 6.45) is 0. The fourth-order valence-corrected chi connectivity index (χ4v) is 1.49. The third-order valence-corrected chi connectivity index (χ3v) is 2.21. The van der Waals surface area contributed by atoms with Crippen LogP contribution < -0.4 is 10.6 Å². The van der Waals surface area contributed by atoms with Crippen molar-refractivity contribution in [1.82, 2.24) is 10.6 Å². The van der Waals surface area contributed by atoms with Crippen molar-refractivity contribution in [1.29, 1.82) is 0 Å². The molecule has 4 heteroatoms. The summed E-state index contributed by atoms with van der Waals surface area (Å²) in [6.45, 7) is 3.65. The molecule has 1 aromatic rings. The van der Waals surface area contributed by atoms with Crippen LogP contribution in [0, 0.1) is 0 Å². The predicted molar refractivity (Wildman–Crippen MR) is 65.7 cm³/mol. The molecule has 0 saturated carbocycles. The van der Waals surface area contributed by atoms with Crippen LogP contribution in [0.1, 0.15) is 5.56 Å². The van der Waals surface area contributed by atoms with E-state index in [4.69, 9.17) is 0 Å². The highest BCUT2D eigenvalue weighted by Gasteiger charge is 2.02. The van der Waals surface area contributed by atoms with Crippen LogP contribution in [0.2, 0.25) is 0 Å². The van der Waals surface area contributed by atoms with Gasteiger partial charge in [-0.3, -0.25) is 4.99 Å². The van der Waals surface area contributed by atoms with E-state index >= 15 is 0 Å². The van der Waals surface area contributed by atoms with Gasteiger partial charge < -0.3 is 10.6 Å². The molecule has 1 aromatic carbocycles. The Hall–Kier alpha value is -1.06. The molecule has 0 unspecified atom stereocenters. The molecule has 0 spiro atoms. The average Bonchev–Trinajstić information content (AvgIpc) is 2.72. The van der Waals surface area contributed by atoms with Crippen molar-refractivity contribution in [3.63, 3.8) is 0 Å². The van der Waals surface area contributed by atoms with Gasteiger partial charge in [-0.05, 0) is 5.56 Å². The van der Waals surface area contributed by atoms with Gasteiger partial charge in [0.15, 0.2) is 0 Å². The molecule has 3 nitrogen and oxygen atoms in total. The molecule has 0 radical (unpaired) electrons. The van der Waals surface area contributed by atoms with Crippen LogP contribution in [0.5, 0.6) is 0 Å². The Bertz CT molecular complexity index is 311. The normalized spacial score (nSPS) is 14.0. The SMILES string of the molecule is Cl.c1ccc(CNCC2=NCCN2)cc1. The van der Waals surface area contributed by atoms with E-state index in [1.165, 1.54) is 5.56 Å². The summed E-state index contributed by atoms with van der Waals surface area (Å²) in [6, 6.07) is 10.4. The first-order chi connectivity index (χ1) is 6.95. The number of rotatable bonds is 4. The van der Waals surface area contributed by atoms with Crippen LogP contribution in [-0.4, -0.2) is 25.5 Å². The first kappa shape index (κ1) is 12.0. The molecule has 0 fully saturated rings. The Labute approximate surface area is 96.4 Å². The lowest BCUT2D eigenvalue weighted by Gasteiger charge is -2.04. The Morgan fingerprint density at radius 1 is 1.20 bits per heavy atom. The fourth-order valence-electron chi connectivity index (χ4n) is 1.49. The lowest BCUT2D eigenvalue weighted by atomic mass is 10.2. The van der Waals surface area contributed by atoms with Gasteiger partial charge in [0.05, 0.1) is 13.1 Å². The number of nitrogens with zero attached hydrogens (tertiary/aromatic N) is 1. The molecule has 0 amide bonds. The molecule has 0 atom stereocenters. The van der Waals surface area contributed by atoms with E-state index in [1.54, 1.807) is 0 Å². The number of nitrogens with one attached hydrogen (secondary N) is 2. The average molecular weight is 226 g/mol. The van der Waals surface area contributed by atoms with Crippen molar-refractivity contribution in [3.05, 3.63) is 35.9 Å². The van der Waals surface area contributed by atoms with Gasteiger partial charge in [-0.2, -0.15) is 0 Å². The van der Waals surface area contributed by atoms with Crippen molar-refractivity contribution >= 4 is 18.2 Å². The largest absolute Gasteiger partial charge is 0.371 e. The Morgan fingerprint density at radius 3 is 2.67 bits per heavy atom. The second-order valence-electron chi connectivity index (χ2n) is 3.34. The van der Waals surface area contributed by atoms with E-state index in [1.807, 2.05) is 6.07 Å². The van der Waals surface area contributed by atoms with E-state index in [-0.39, 0.29) is 12.4 Å². The molecule has 2 N–H and O–H groups in total. The maximum atomic E-state index is 4.31. The lowest BCUT2D eigenvalue weighted by Crippen LogP contribution is -2.30. The van der Waals surface area contributed by atoms with Crippen LogP contribution in [0.25, 0.3) is 0 Å². The third-order valence-electron chi connectivity index (χ3n) is 2.21. The van der Waals surface area contributed by atoms with Crippen LogP contribution in [0.3, 0.4) is 0 Å². The van der Waals surface area contributed by atoms with Gasteiger partial charge in [0, 0.05) is 13.1 Å². The van der Waals surface area contributed by atoms with Crippen molar-refractivity contribution in [2.75, 3.05) is 19.6 Å². The molecule has 82 valence electrons. The van der Waals surface area contributed by atoms with Crippen LogP contribution in [-0.2, 0) is 6.54 Å². The van der Waals surface area contributed by atoms with Crippen molar-refractivity contribution in [2.24, 2.45) is 4.99 Å². The first-order valence-electron chi connectivity index (χ1n) is 4.97. The maximum Gasteiger partial charge on any atom is 0.110 e. The first-order valence-corrected chi connectivity index (χ1v) is 4.97. The quantitative estimate of drug-likeness (QED) is 0.808. The van der Waals surface area contributed by atoms with Crippen LogP contribution >= 0.6 is 12.4 Å². The van der Waals surface area contributed by atoms with Crippen molar-refractivity contribution < 1.29 is 0 Å². The topological polar surface area (TPSA) is 36.4 Å². The zero-order chi connectivity index (χ0) is 9.64. The minimum Gasteiger partial charge on any atom is -0.371 e. The van der Waals surface area contributed by atoms with Gasteiger partial charge in [0.25, 0.3) is 0 Å². The van der Waals surface area contributed by atoms with Crippen molar-refractivity contribution in [2.45, 2.75) is 6.54 Å². The van der Waals surface area contributed by atoms with Gasteiger partial charge in [-0.25, -0.2) is 0 Å². The molecule has 0 aliphatic carbocycles. The van der Waals surface area contributed by atoms with Gasteiger partial charge in [0.1, 0.15) is 5.84 Å². The summed E-state index contributed by atoms with van der Waals surface area (Å²) >= 11 is 0. The van der Waals surface area contributed by atoms with E-state index in [0.717, 1.165) is 32.0 Å². The Morgan fingerprint density at radius 2 is 2.00 bits per heavy atom. The van der Waals surface area contributed by atoms with Crippen molar-refractivity contribution in [3.8, 4) is 0 Å². The minimum atomic E-state index is 0. The lowest BCUT2D eigenvalue weighted by molar-refractivity contribution is 0.766. The highest BCUT2D eigenvalue weighted by atomic mass is 35.5. The number of halogens is 1. The fraction of sp³-hybridized carbons (Fsp3) is 0.364. The number of hydrogen-bond acceptors (Lipinski definition) is 3. The maximum absolute atomic E-state index is 4.31. The zero-order valence-electron chi connectivity index (χ0n) is 8.57. The molecule has 0 saturated heterocycles. The summed E-state index contributed by atoms with van der Waals surface area (Å²) in [5, 5.41) is 6.58. The number of aliphatic imine (C=N–C) groups is 1. The standard InChI is InChI=1S/C11H15N3.ClH/c1-2-4-10(5-3-1)8-12-9-11-13-6-7-14-11;/h1-5,12H,6-9H2,(H,13,14);1H. The van der Waals surface area contributed by atoms with E-state index in [2.05, 4.69) is 39.9 Å². The van der Waals surface area contributed by atoms with E-state index in [0.29, 0.717) is 0 Å². The molecule has 2 rings (SSSR count). The summed E-state index contributed by atoms with van der Waals surface area (Å²) in [7, 11) is 0. The third kappa shape index (κ3) is 3.90. The number of hydrogen-bond donors (Lipinski definition) is 2. The molecule has 1 heterocycles. The second-order valence-corrected chi connectivity index (χ2v) is 3.34. The smallest absolute Gasteiger partial charge is 0.110 e. The molecular weight excluding hydrogens is 210 g/mol. The Kier molecular flexibility index (Phi) is 5.15. The summed E-state index contributed by atoms with van der Waals surface area (Å²) in [5.41, 5.74) is 1.31. The van der Waals surface area contributed by atoms with E-state index < -0.39 is 0 Å². The van der Waals surface area contributed by atoms with Gasteiger partial charge >= 0.3 is 0 Å². The minimum absolute atomic E-state index is 0. The van der Waals surface area contributed by atoms with Crippen LogP contribution in [0.15, 0.2) is 35.3 Å². The molecule has 0 aromatic heterocycles. The predicted octanol–water partition coefficient (Wildman–Crippen LogP) is 1.20. The molecule has 1 aliphatic rings.